The second-order valence-corrected chi connectivity index (χ2v) is 5.29. The number of hydrogen-bond acceptors (Lipinski definition) is 5. The molecule has 0 saturated heterocycles. The molecule has 7 heteroatoms. The number of rotatable bonds is 6. The molecule has 2 aliphatic rings. The molecule has 0 radical (unpaired) electrons. The lowest BCUT2D eigenvalue weighted by Gasteiger charge is -2.19. The zero-order valence-electron chi connectivity index (χ0n) is 11.5. The number of nitrogens with one attached hydrogen (secondary N) is 1. The van der Waals surface area contributed by atoms with E-state index in [9.17, 15) is 9.59 Å². The number of aromatic nitrogens is 3. The molecule has 0 unspecified atom stereocenters. The lowest BCUT2D eigenvalue weighted by atomic mass is 10.4. The molecule has 1 aromatic rings. The van der Waals surface area contributed by atoms with Gasteiger partial charge in [-0.05, 0) is 32.6 Å². The topological polar surface area (TPSA) is 88.2 Å². The molecule has 3 rings (SSSR count). The molecule has 1 heterocycles. The van der Waals surface area contributed by atoms with Crippen LogP contribution in [0.5, 0.6) is 0 Å². The predicted octanol–water partition coefficient (Wildman–Crippen LogP) is 0.850. The first-order valence-electron chi connectivity index (χ1n) is 7.08. The van der Waals surface area contributed by atoms with E-state index >= 15 is 0 Å². The molecule has 1 N–H and O–H groups in total. The van der Waals surface area contributed by atoms with Crippen LogP contribution >= 0.6 is 0 Å². The number of ether oxygens (including phenoxy) is 1. The number of esters is 1. The van der Waals surface area contributed by atoms with Gasteiger partial charge in [0.2, 0.25) is 5.82 Å². The molecule has 7 nitrogen and oxygen atoms in total. The van der Waals surface area contributed by atoms with Gasteiger partial charge in [-0.2, -0.15) is 0 Å². The van der Waals surface area contributed by atoms with Crippen LogP contribution in [0.15, 0.2) is 0 Å². The molecule has 108 valence electrons. The molecule has 0 atom stereocenters. The Kier molecular flexibility index (Phi) is 3.42. The fraction of sp³-hybridized carbons (Fsp3) is 0.692. The fourth-order valence-corrected chi connectivity index (χ4v) is 2.14. The van der Waals surface area contributed by atoms with Crippen LogP contribution in [0.1, 0.15) is 55.0 Å². The summed E-state index contributed by atoms with van der Waals surface area (Å²) >= 11 is 0. The number of H-pyrrole nitrogens is 1. The molecular formula is C13H18N4O3. The Bertz CT molecular complexity index is 519. The van der Waals surface area contributed by atoms with Gasteiger partial charge < -0.3 is 9.64 Å². The van der Waals surface area contributed by atoms with Crippen LogP contribution in [-0.4, -0.2) is 51.2 Å². The fourth-order valence-electron chi connectivity index (χ4n) is 2.14. The van der Waals surface area contributed by atoms with Crippen LogP contribution in [-0.2, 0) is 9.53 Å². The van der Waals surface area contributed by atoms with Crippen molar-refractivity contribution in [1.82, 2.24) is 20.1 Å². The van der Waals surface area contributed by atoms with Gasteiger partial charge in [-0.25, -0.2) is 4.98 Å². The van der Waals surface area contributed by atoms with Crippen molar-refractivity contribution in [2.24, 2.45) is 0 Å². The summed E-state index contributed by atoms with van der Waals surface area (Å²) in [5, 5.41) is 6.80. The Labute approximate surface area is 116 Å². The average molecular weight is 278 g/mol. The van der Waals surface area contributed by atoms with Crippen molar-refractivity contribution >= 4 is 11.9 Å². The van der Waals surface area contributed by atoms with Gasteiger partial charge in [0.25, 0.3) is 5.91 Å². The summed E-state index contributed by atoms with van der Waals surface area (Å²) in [4.78, 5) is 29.7. The number of amides is 1. The largest absolute Gasteiger partial charge is 0.465 e. The normalized spacial score (nSPS) is 17.9. The van der Waals surface area contributed by atoms with E-state index in [1.54, 1.807) is 6.92 Å². The van der Waals surface area contributed by atoms with E-state index in [2.05, 4.69) is 15.2 Å². The van der Waals surface area contributed by atoms with E-state index < -0.39 is 0 Å². The van der Waals surface area contributed by atoms with Gasteiger partial charge in [-0.15, -0.1) is 5.10 Å². The van der Waals surface area contributed by atoms with E-state index in [1.807, 2.05) is 0 Å². The number of carbonyl (C=O) groups is 2. The first-order chi connectivity index (χ1) is 9.69. The third kappa shape index (κ3) is 2.81. The highest BCUT2D eigenvalue weighted by molar-refractivity contribution is 5.93. The van der Waals surface area contributed by atoms with Crippen molar-refractivity contribution in [3.8, 4) is 0 Å². The molecule has 2 saturated carbocycles. The lowest BCUT2D eigenvalue weighted by Crippen LogP contribution is -2.38. The zero-order chi connectivity index (χ0) is 14.1. The summed E-state index contributed by atoms with van der Waals surface area (Å²) in [5.41, 5.74) is 0. The van der Waals surface area contributed by atoms with Crippen LogP contribution in [0.25, 0.3) is 0 Å². The quantitative estimate of drug-likeness (QED) is 0.779. The van der Waals surface area contributed by atoms with Crippen LogP contribution in [0.3, 0.4) is 0 Å². The summed E-state index contributed by atoms with van der Waals surface area (Å²) in [6.45, 7) is 2.04. The van der Waals surface area contributed by atoms with E-state index in [4.69, 9.17) is 4.74 Å². The van der Waals surface area contributed by atoms with Gasteiger partial charge in [0.1, 0.15) is 12.4 Å². The number of hydrogen-bond donors (Lipinski definition) is 1. The minimum Gasteiger partial charge on any atom is -0.465 e. The highest BCUT2D eigenvalue weighted by Crippen LogP contribution is 2.38. The van der Waals surface area contributed by atoms with Crippen LogP contribution in [0.2, 0.25) is 0 Å². The van der Waals surface area contributed by atoms with Crippen LogP contribution < -0.4 is 0 Å². The number of carbonyl (C=O) groups excluding carboxylic acids is 2. The van der Waals surface area contributed by atoms with E-state index in [0.29, 0.717) is 12.5 Å². The van der Waals surface area contributed by atoms with Gasteiger partial charge in [-0.3, -0.25) is 14.7 Å². The van der Waals surface area contributed by atoms with Gasteiger partial charge in [0.15, 0.2) is 0 Å². The highest BCUT2D eigenvalue weighted by atomic mass is 16.5. The van der Waals surface area contributed by atoms with E-state index in [-0.39, 0.29) is 30.3 Å². The van der Waals surface area contributed by atoms with E-state index in [0.717, 1.165) is 31.5 Å². The second kappa shape index (κ2) is 5.22. The van der Waals surface area contributed by atoms with Gasteiger partial charge in [-0.1, -0.05) is 0 Å². The third-order valence-electron chi connectivity index (χ3n) is 3.51. The Hall–Kier alpha value is -1.92. The van der Waals surface area contributed by atoms with Crippen molar-refractivity contribution in [2.45, 2.75) is 44.6 Å². The van der Waals surface area contributed by atoms with Crippen molar-refractivity contribution < 1.29 is 14.3 Å². The van der Waals surface area contributed by atoms with Gasteiger partial charge >= 0.3 is 5.97 Å². The van der Waals surface area contributed by atoms with Crippen molar-refractivity contribution in [1.29, 1.82) is 0 Å². The highest BCUT2D eigenvalue weighted by Gasteiger charge is 2.37. The van der Waals surface area contributed by atoms with Crippen molar-refractivity contribution in [3.05, 3.63) is 11.6 Å². The Morgan fingerprint density at radius 2 is 2.10 bits per heavy atom. The number of nitrogens with zero attached hydrogens (tertiary/aromatic N) is 3. The molecule has 20 heavy (non-hydrogen) atoms. The van der Waals surface area contributed by atoms with Crippen LogP contribution in [0.4, 0.5) is 0 Å². The average Bonchev–Trinajstić information content (AvgIpc) is 3.35. The van der Waals surface area contributed by atoms with E-state index in [1.165, 1.54) is 4.90 Å². The summed E-state index contributed by atoms with van der Waals surface area (Å²) < 4.78 is 4.91. The van der Waals surface area contributed by atoms with Gasteiger partial charge in [0, 0.05) is 12.0 Å². The smallest absolute Gasteiger partial charge is 0.325 e. The third-order valence-corrected chi connectivity index (χ3v) is 3.51. The molecule has 0 spiro atoms. The number of aromatic amines is 1. The monoisotopic (exact) mass is 278 g/mol. The SMILES string of the molecule is CCOC(=O)CN(C(=O)c1n[nH]c(C2CC2)n1)C1CC1. The van der Waals surface area contributed by atoms with Crippen molar-refractivity contribution in [3.63, 3.8) is 0 Å². The molecule has 0 aliphatic heterocycles. The Balaban J connectivity index is 1.69. The zero-order valence-corrected chi connectivity index (χ0v) is 11.5. The lowest BCUT2D eigenvalue weighted by molar-refractivity contribution is -0.144. The minimum atomic E-state index is -0.384. The Morgan fingerprint density at radius 1 is 1.35 bits per heavy atom. The van der Waals surface area contributed by atoms with Crippen molar-refractivity contribution in [2.75, 3.05) is 13.2 Å². The predicted molar refractivity (Wildman–Crippen MR) is 69.0 cm³/mol. The molecule has 2 aliphatic carbocycles. The van der Waals surface area contributed by atoms with Crippen LogP contribution in [0, 0.1) is 0 Å². The minimum absolute atomic E-state index is 0.0232. The molecule has 0 bridgehead atoms. The second-order valence-electron chi connectivity index (χ2n) is 5.29. The standard InChI is InChI=1S/C13H18N4O3/c1-2-20-10(18)7-17(9-5-6-9)13(19)12-14-11(15-16-12)8-3-4-8/h8-9H,2-7H2,1H3,(H,14,15,16). The molecule has 1 amide bonds. The summed E-state index contributed by atoms with van der Waals surface area (Å²) in [5.74, 6) is 0.682. The molecule has 1 aromatic heterocycles. The Morgan fingerprint density at radius 3 is 2.70 bits per heavy atom. The first-order valence-corrected chi connectivity index (χ1v) is 7.08. The summed E-state index contributed by atoms with van der Waals surface area (Å²) in [7, 11) is 0. The maximum absolute atomic E-state index is 12.4. The molecule has 0 aromatic carbocycles. The maximum Gasteiger partial charge on any atom is 0.325 e. The molecular weight excluding hydrogens is 260 g/mol. The maximum atomic E-state index is 12.4. The molecule has 2 fully saturated rings. The first kappa shape index (κ1) is 13.1. The summed E-state index contributed by atoms with van der Waals surface area (Å²) in [6.07, 6.45) is 4.03. The summed E-state index contributed by atoms with van der Waals surface area (Å²) in [6, 6.07) is 0.120. The van der Waals surface area contributed by atoms with Gasteiger partial charge in [0.05, 0.1) is 6.61 Å².